The van der Waals surface area contributed by atoms with E-state index < -0.39 is 0 Å². The molecule has 3 aromatic rings. The van der Waals surface area contributed by atoms with Gasteiger partial charge in [0.05, 0.1) is 23.0 Å². The van der Waals surface area contributed by atoms with Crippen LogP contribution in [0.3, 0.4) is 0 Å². The maximum absolute atomic E-state index is 10.6. The van der Waals surface area contributed by atoms with E-state index in [2.05, 4.69) is 10.3 Å². The second-order valence-electron chi connectivity index (χ2n) is 6.85. The van der Waals surface area contributed by atoms with Gasteiger partial charge in [-0.15, -0.1) is 0 Å². The van der Waals surface area contributed by atoms with Crippen LogP contribution in [0, 0.1) is 0 Å². The minimum Gasteiger partial charge on any atom is -0.490 e. The molecule has 4 rings (SSSR count). The van der Waals surface area contributed by atoms with Crippen LogP contribution < -0.4 is 15.8 Å². The maximum Gasteiger partial charge on any atom is 0.213 e. The first-order chi connectivity index (χ1) is 13.7. The van der Waals surface area contributed by atoms with Crippen LogP contribution in [0.15, 0.2) is 59.6 Å². The van der Waals surface area contributed by atoms with E-state index in [-0.39, 0.29) is 5.96 Å². The molecule has 0 spiro atoms. The third-order valence-corrected chi connectivity index (χ3v) is 4.90. The number of para-hydroxylation sites is 1. The molecule has 1 aliphatic carbocycles. The first-order valence-electron chi connectivity index (χ1n) is 9.44. The number of benzene rings is 2. The zero-order chi connectivity index (χ0) is 19.3. The lowest BCUT2D eigenvalue weighted by Gasteiger charge is -2.13. The summed E-state index contributed by atoms with van der Waals surface area (Å²) in [6.45, 7) is 0. The highest BCUT2D eigenvalue weighted by molar-refractivity contribution is 5.97. The van der Waals surface area contributed by atoms with Crippen molar-refractivity contribution in [2.24, 2.45) is 10.7 Å². The first-order valence-corrected chi connectivity index (χ1v) is 9.44. The summed E-state index contributed by atoms with van der Waals surface area (Å²) in [7, 11) is 0. The van der Waals surface area contributed by atoms with Crippen molar-refractivity contribution in [1.29, 1.82) is 0 Å². The number of aliphatic imine (C=N–C) groups is 1. The largest absolute Gasteiger partial charge is 0.490 e. The molecule has 0 bridgehead atoms. The zero-order valence-electron chi connectivity index (χ0n) is 15.5. The molecule has 1 heterocycles. The second kappa shape index (κ2) is 8.08. The number of carbonyl (C=O) groups excluding carboxylic acids is 1. The fraction of sp³-hybridized carbons (Fsp3) is 0.227. The van der Waals surface area contributed by atoms with Gasteiger partial charge in [-0.2, -0.15) is 0 Å². The van der Waals surface area contributed by atoms with E-state index in [1.807, 2.05) is 54.6 Å². The Morgan fingerprint density at radius 3 is 2.64 bits per heavy atom. The molecular formula is C22H22N4O2. The number of fused-ring (bicyclic) bond motifs is 1. The number of nitrogens with two attached hydrogens (primary N) is 1. The number of hydrogen-bond donors (Lipinski definition) is 2. The number of nitrogens with zero attached hydrogens (tertiary/aromatic N) is 2. The average molecular weight is 374 g/mol. The van der Waals surface area contributed by atoms with Crippen molar-refractivity contribution in [2.75, 3.05) is 0 Å². The van der Waals surface area contributed by atoms with Gasteiger partial charge in [-0.05, 0) is 62.1 Å². The molecule has 1 amide bonds. The van der Waals surface area contributed by atoms with Crippen LogP contribution >= 0.6 is 0 Å². The number of amides is 1. The first kappa shape index (κ1) is 18.0. The summed E-state index contributed by atoms with van der Waals surface area (Å²) in [6.07, 6.45) is 5.59. The summed E-state index contributed by atoms with van der Waals surface area (Å²) in [5.41, 5.74) is 8.97. The van der Waals surface area contributed by atoms with Crippen LogP contribution in [0.25, 0.3) is 22.2 Å². The Bertz CT molecular complexity index is 1010. The lowest BCUT2D eigenvalue weighted by atomic mass is 10.1. The molecule has 0 atom stereocenters. The van der Waals surface area contributed by atoms with Crippen molar-refractivity contribution < 1.29 is 9.53 Å². The van der Waals surface area contributed by atoms with Crippen molar-refractivity contribution in [3.8, 4) is 17.0 Å². The van der Waals surface area contributed by atoms with E-state index in [1.54, 1.807) is 0 Å². The molecule has 3 N–H and O–H groups in total. The summed E-state index contributed by atoms with van der Waals surface area (Å²) >= 11 is 0. The predicted molar refractivity (Wildman–Crippen MR) is 111 cm³/mol. The van der Waals surface area contributed by atoms with Crippen molar-refractivity contribution in [1.82, 2.24) is 10.3 Å². The SMILES string of the molecule is NC(=Nc1cc(-c2ccc(OC3CCCC3)cc2)nc2ccccc12)NC=O. The molecule has 28 heavy (non-hydrogen) atoms. The van der Waals surface area contributed by atoms with E-state index in [9.17, 15) is 4.79 Å². The molecule has 0 aliphatic heterocycles. The summed E-state index contributed by atoms with van der Waals surface area (Å²) in [5, 5.41) is 3.23. The summed E-state index contributed by atoms with van der Waals surface area (Å²) in [4.78, 5) is 19.7. The molecule has 6 nitrogen and oxygen atoms in total. The number of pyridine rings is 1. The van der Waals surface area contributed by atoms with Gasteiger partial charge in [-0.1, -0.05) is 18.2 Å². The van der Waals surface area contributed by atoms with Crippen LogP contribution in [-0.4, -0.2) is 23.5 Å². The van der Waals surface area contributed by atoms with Gasteiger partial charge in [0.2, 0.25) is 6.41 Å². The molecule has 1 aliphatic rings. The minimum atomic E-state index is 0.0395. The monoisotopic (exact) mass is 374 g/mol. The predicted octanol–water partition coefficient (Wildman–Crippen LogP) is 3.92. The minimum absolute atomic E-state index is 0.0395. The Morgan fingerprint density at radius 2 is 1.89 bits per heavy atom. The molecule has 0 radical (unpaired) electrons. The quantitative estimate of drug-likeness (QED) is 0.402. The number of guanidine groups is 1. The van der Waals surface area contributed by atoms with Gasteiger partial charge in [-0.3, -0.25) is 10.1 Å². The van der Waals surface area contributed by atoms with E-state index >= 15 is 0 Å². The van der Waals surface area contributed by atoms with Gasteiger partial charge in [0.15, 0.2) is 5.96 Å². The fourth-order valence-electron chi connectivity index (χ4n) is 3.52. The number of hydrogen-bond acceptors (Lipinski definition) is 4. The molecule has 142 valence electrons. The Labute approximate surface area is 163 Å². The number of nitrogens with one attached hydrogen (secondary N) is 1. The fourth-order valence-corrected chi connectivity index (χ4v) is 3.52. The van der Waals surface area contributed by atoms with E-state index in [1.165, 1.54) is 12.8 Å². The smallest absolute Gasteiger partial charge is 0.213 e. The number of ether oxygens (including phenoxy) is 1. The van der Waals surface area contributed by atoms with Crippen LogP contribution in [0.4, 0.5) is 5.69 Å². The third kappa shape index (κ3) is 3.96. The highest BCUT2D eigenvalue weighted by atomic mass is 16.5. The van der Waals surface area contributed by atoms with Crippen molar-refractivity contribution in [2.45, 2.75) is 31.8 Å². The maximum atomic E-state index is 10.6. The molecule has 1 fully saturated rings. The highest BCUT2D eigenvalue weighted by Gasteiger charge is 2.16. The third-order valence-electron chi connectivity index (χ3n) is 4.90. The number of carbonyl (C=O) groups is 1. The molecule has 2 aromatic carbocycles. The zero-order valence-corrected chi connectivity index (χ0v) is 15.5. The normalized spacial score (nSPS) is 14.9. The molecule has 6 heteroatoms. The highest BCUT2D eigenvalue weighted by Crippen LogP contribution is 2.31. The van der Waals surface area contributed by atoms with Gasteiger partial charge in [-0.25, -0.2) is 9.98 Å². The lowest BCUT2D eigenvalue weighted by Crippen LogP contribution is -2.29. The second-order valence-corrected chi connectivity index (χ2v) is 6.85. The average Bonchev–Trinajstić information content (AvgIpc) is 3.22. The Kier molecular flexibility index (Phi) is 5.19. The van der Waals surface area contributed by atoms with Crippen molar-refractivity contribution in [3.63, 3.8) is 0 Å². The summed E-state index contributed by atoms with van der Waals surface area (Å²) < 4.78 is 6.04. The van der Waals surface area contributed by atoms with Crippen LogP contribution in [-0.2, 0) is 4.79 Å². The Balaban J connectivity index is 1.68. The van der Waals surface area contributed by atoms with E-state index in [0.29, 0.717) is 18.2 Å². The van der Waals surface area contributed by atoms with E-state index in [0.717, 1.165) is 40.8 Å². The van der Waals surface area contributed by atoms with Gasteiger partial charge < -0.3 is 10.5 Å². The van der Waals surface area contributed by atoms with Crippen molar-refractivity contribution in [3.05, 3.63) is 54.6 Å². The molecule has 0 unspecified atom stereocenters. The van der Waals surface area contributed by atoms with Gasteiger partial charge in [0.25, 0.3) is 0 Å². The van der Waals surface area contributed by atoms with E-state index in [4.69, 9.17) is 15.5 Å². The topological polar surface area (TPSA) is 89.6 Å². The lowest BCUT2D eigenvalue weighted by molar-refractivity contribution is -0.108. The number of aromatic nitrogens is 1. The number of rotatable bonds is 5. The van der Waals surface area contributed by atoms with Gasteiger partial charge in [0.1, 0.15) is 5.75 Å². The van der Waals surface area contributed by atoms with Crippen molar-refractivity contribution >= 4 is 29.0 Å². The standard InChI is InChI=1S/C22H22N4O2/c23-22(24-14-27)26-21-13-20(25-19-8-4-3-7-18(19)21)15-9-11-17(12-10-15)28-16-5-1-2-6-16/h3-4,7-14,16H,1-2,5-6H2,(H3,23,24,25,26,27). The molecule has 1 saturated carbocycles. The Morgan fingerprint density at radius 1 is 1.14 bits per heavy atom. The van der Waals surface area contributed by atoms with Crippen LogP contribution in [0.1, 0.15) is 25.7 Å². The van der Waals surface area contributed by atoms with Crippen LogP contribution in [0.5, 0.6) is 5.75 Å². The van der Waals surface area contributed by atoms with Gasteiger partial charge in [0, 0.05) is 10.9 Å². The molecule has 0 saturated heterocycles. The molecule has 1 aromatic heterocycles. The summed E-state index contributed by atoms with van der Waals surface area (Å²) in [5.74, 6) is 0.923. The summed E-state index contributed by atoms with van der Waals surface area (Å²) in [6, 6.07) is 17.5. The van der Waals surface area contributed by atoms with Crippen LogP contribution in [0.2, 0.25) is 0 Å². The molecular weight excluding hydrogens is 352 g/mol. The Hall–Kier alpha value is -3.41. The van der Waals surface area contributed by atoms with Gasteiger partial charge >= 0.3 is 0 Å².